The predicted molar refractivity (Wildman–Crippen MR) is 91.9 cm³/mol. The Morgan fingerprint density at radius 3 is 2.81 bits per heavy atom. The van der Waals surface area contributed by atoms with Gasteiger partial charge in [-0.05, 0) is 17.5 Å². The van der Waals surface area contributed by atoms with E-state index in [0.29, 0.717) is 44.8 Å². The van der Waals surface area contributed by atoms with Crippen molar-refractivity contribution in [1.29, 1.82) is 0 Å². The van der Waals surface area contributed by atoms with Gasteiger partial charge in [0.15, 0.2) is 0 Å². The summed E-state index contributed by atoms with van der Waals surface area (Å²) >= 11 is 0. The van der Waals surface area contributed by atoms with E-state index >= 15 is 0 Å². The number of nitrogens with zero attached hydrogens (tertiary/aromatic N) is 1. The van der Waals surface area contributed by atoms with Crippen molar-refractivity contribution in [3.63, 3.8) is 0 Å². The first kappa shape index (κ1) is 17.1. The van der Waals surface area contributed by atoms with E-state index in [0.717, 1.165) is 11.1 Å². The average Bonchev–Trinajstić information content (AvgIpc) is 2.91. The third kappa shape index (κ3) is 3.00. The molecule has 1 aromatic carbocycles. The summed E-state index contributed by atoms with van der Waals surface area (Å²) in [6, 6.07) is 5.15. The van der Waals surface area contributed by atoms with Crippen LogP contribution in [-0.2, 0) is 27.4 Å². The number of amides is 3. The van der Waals surface area contributed by atoms with E-state index in [1.807, 2.05) is 18.2 Å². The molecule has 0 saturated carbocycles. The lowest BCUT2D eigenvalue weighted by Gasteiger charge is -2.37. The number of carbonyl (C=O) groups excluding carboxylic acids is 3. The second-order valence-corrected chi connectivity index (χ2v) is 7.31. The van der Waals surface area contributed by atoms with Crippen LogP contribution in [0.1, 0.15) is 34.3 Å². The molecule has 26 heavy (non-hydrogen) atoms. The number of benzene rings is 1. The quantitative estimate of drug-likeness (QED) is 0.598. The number of fused-ring (bicyclic) bond motifs is 1. The van der Waals surface area contributed by atoms with Crippen LogP contribution in [0.2, 0.25) is 0 Å². The van der Waals surface area contributed by atoms with Crippen molar-refractivity contribution < 1.29 is 19.1 Å². The van der Waals surface area contributed by atoms with Gasteiger partial charge in [-0.3, -0.25) is 19.7 Å². The summed E-state index contributed by atoms with van der Waals surface area (Å²) < 4.78 is 5.14. The molecular weight excluding hydrogens is 336 g/mol. The summed E-state index contributed by atoms with van der Waals surface area (Å²) in [7, 11) is 0. The molecule has 3 aliphatic heterocycles. The van der Waals surface area contributed by atoms with Crippen molar-refractivity contribution in [2.75, 3.05) is 19.8 Å². The van der Waals surface area contributed by atoms with Gasteiger partial charge in [0.2, 0.25) is 11.8 Å². The van der Waals surface area contributed by atoms with Crippen molar-refractivity contribution in [1.82, 2.24) is 15.5 Å². The molecular formula is C18H22N4O4. The van der Waals surface area contributed by atoms with E-state index in [4.69, 9.17) is 10.5 Å². The highest BCUT2D eigenvalue weighted by Gasteiger charge is 2.40. The normalized spacial score (nSPS) is 24.3. The van der Waals surface area contributed by atoms with E-state index in [-0.39, 0.29) is 23.8 Å². The zero-order valence-electron chi connectivity index (χ0n) is 14.4. The molecule has 8 nitrogen and oxygen atoms in total. The standard InChI is InChI=1S/C18H22N4O4/c19-18(9-26-10-18)8-20-6-11-2-1-3-12-7-22(17(25)15(11)12)13-4-5-14(23)21-16(13)24/h1-3,13,20H,4-10,19H2,(H,21,23,24). The van der Waals surface area contributed by atoms with Gasteiger partial charge in [0.05, 0.1) is 18.8 Å². The van der Waals surface area contributed by atoms with E-state index in [1.165, 1.54) is 0 Å². The van der Waals surface area contributed by atoms with Crippen LogP contribution in [0.4, 0.5) is 0 Å². The fourth-order valence-corrected chi connectivity index (χ4v) is 3.75. The maximum atomic E-state index is 13.0. The minimum Gasteiger partial charge on any atom is -0.377 e. The van der Waals surface area contributed by atoms with E-state index in [1.54, 1.807) is 4.90 Å². The second kappa shape index (κ2) is 6.46. The molecule has 8 heteroatoms. The topological polar surface area (TPSA) is 114 Å². The molecule has 0 bridgehead atoms. The minimum atomic E-state index is -0.590. The number of nitrogens with two attached hydrogens (primary N) is 1. The Morgan fingerprint density at radius 1 is 1.31 bits per heavy atom. The molecule has 4 N–H and O–H groups in total. The Balaban J connectivity index is 1.47. The van der Waals surface area contributed by atoms with Crippen LogP contribution < -0.4 is 16.4 Å². The number of imide groups is 1. The van der Waals surface area contributed by atoms with Crippen LogP contribution >= 0.6 is 0 Å². The molecule has 2 fully saturated rings. The molecule has 1 atom stereocenters. The van der Waals surface area contributed by atoms with E-state index in [2.05, 4.69) is 10.6 Å². The summed E-state index contributed by atoms with van der Waals surface area (Å²) in [5, 5.41) is 5.63. The maximum absolute atomic E-state index is 13.0. The summed E-state index contributed by atoms with van der Waals surface area (Å²) in [4.78, 5) is 38.0. The lowest BCUT2D eigenvalue weighted by molar-refractivity contribution is -0.136. The van der Waals surface area contributed by atoms with Gasteiger partial charge in [0.1, 0.15) is 6.04 Å². The highest BCUT2D eigenvalue weighted by molar-refractivity contribution is 6.05. The van der Waals surface area contributed by atoms with E-state index < -0.39 is 11.9 Å². The van der Waals surface area contributed by atoms with Crippen LogP contribution in [0, 0.1) is 0 Å². The smallest absolute Gasteiger partial charge is 0.255 e. The molecule has 1 unspecified atom stereocenters. The molecule has 0 spiro atoms. The molecule has 3 aliphatic rings. The van der Waals surface area contributed by atoms with Gasteiger partial charge in [-0.2, -0.15) is 0 Å². The molecule has 4 rings (SSSR count). The molecule has 138 valence electrons. The summed E-state index contributed by atoms with van der Waals surface area (Å²) in [5.74, 6) is -0.825. The van der Waals surface area contributed by atoms with Crippen molar-refractivity contribution in [2.24, 2.45) is 5.73 Å². The summed E-state index contributed by atoms with van der Waals surface area (Å²) in [5.41, 5.74) is 8.24. The molecule has 3 amide bonds. The third-order valence-electron chi connectivity index (χ3n) is 5.21. The Bertz CT molecular complexity index is 774. The number of hydrogen-bond donors (Lipinski definition) is 3. The fraction of sp³-hybridized carbons (Fsp3) is 0.500. The van der Waals surface area contributed by atoms with Gasteiger partial charge < -0.3 is 20.7 Å². The first-order valence-electron chi connectivity index (χ1n) is 8.80. The average molecular weight is 358 g/mol. The van der Waals surface area contributed by atoms with Crippen LogP contribution in [-0.4, -0.2) is 54.0 Å². The Labute approximate surface area is 151 Å². The minimum absolute atomic E-state index is 0.152. The number of piperidine rings is 1. The highest BCUT2D eigenvalue weighted by atomic mass is 16.5. The zero-order valence-corrected chi connectivity index (χ0v) is 14.4. The maximum Gasteiger partial charge on any atom is 0.255 e. The number of nitrogens with one attached hydrogen (secondary N) is 2. The van der Waals surface area contributed by atoms with Crippen molar-refractivity contribution >= 4 is 17.7 Å². The molecule has 3 heterocycles. The van der Waals surface area contributed by atoms with Gasteiger partial charge in [-0.1, -0.05) is 18.2 Å². The molecule has 1 aromatic rings. The third-order valence-corrected chi connectivity index (χ3v) is 5.21. The molecule has 0 aliphatic carbocycles. The first-order chi connectivity index (χ1) is 12.5. The number of ether oxygens (including phenoxy) is 1. The molecule has 0 radical (unpaired) electrons. The molecule has 2 saturated heterocycles. The number of hydrogen-bond acceptors (Lipinski definition) is 6. The van der Waals surface area contributed by atoms with Crippen LogP contribution in [0.25, 0.3) is 0 Å². The van der Waals surface area contributed by atoms with Gasteiger partial charge in [0.25, 0.3) is 5.91 Å². The van der Waals surface area contributed by atoms with Crippen LogP contribution in [0.3, 0.4) is 0 Å². The van der Waals surface area contributed by atoms with Gasteiger partial charge in [-0.25, -0.2) is 0 Å². The van der Waals surface area contributed by atoms with Gasteiger partial charge >= 0.3 is 0 Å². The lowest BCUT2D eigenvalue weighted by Crippen LogP contribution is -2.62. The summed E-state index contributed by atoms with van der Waals surface area (Å²) in [6.07, 6.45) is 0.624. The Kier molecular flexibility index (Phi) is 4.26. The van der Waals surface area contributed by atoms with Gasteiger partial charge in [-0.15, -0.1) is 0 Å². The Morgan fingerprint density at radius 2 is 2.12 bits per heavy atom. The summed E-state index contributed by atoms with van der Waals surface area (Å²) in [6.45, 7) is 2.60. The highest BCUT2D eigenvalue weighted by Crippen LogP contribution is 2.29. The SMILES string of the molecule is NC1(CNCc2cccc3c2C(=O)N(C2CCC(=O)NC2=O)C3)COC1. The zero-order chi connectivity index (χ0) is 18.3. The Hall–Kier alpha value is -2.29. The largest absolute Gasteiger partial charge is 0.377 e. The molecule has 0 aromatic heterocycles. The van der Waals surface area contributed by atoms with Crippen LogP contribution in [0.15, 0.2) is 18.2 Å². The monoisotopic (exact) mass is 358 g/mol. The predicted octanol–water partition coefficient (Wildman–Crippen LogP) is -0.735. The number of carbonyl (C=O) groups is 3. The van der Waals surface area contributed by atoms with Crippen molar-refractivity contribution in [3.05, 3.63) is 34.9 Å². The fourth-order valence-electron chi connectivity index (χ4n) is 3.75. The first-order valence-corrected chi connectivity index (χ1v) is 8.80. The van der Waals surface area contributed by atoms with E-state index in [9.17, 15) is 14.4 Å². The number of rotatable bonds is 5. The van der Waals surface area contributed by atoms with Crippen molar-refractivity contribution in [2.45, 2.75) is 37.5 Å². The van der Waals surface area contributed by atoms with Crippen LogP contribution in [0.5, 0.6) is 0 Å². The van der Waals surface area contributed by atoms with Crippen molar-refractivity contribution in [3.8, 4) is 0 Å². The van der Waals surface area contributed by atoms with Gasteiger partial charge in [0, 0.05) is 31.6 Å². The second-order valence-electron chi connectivity index (χ2n) is 7.31. The lowest BCUT2D eigenvalue weighted by atomic mass is 9.98.